The molecule has 76 heavy (non-hydrogen) atoms. The second-order valence-electron chi connectivity index (χ2n) is 19.4. The summed E-state index contributed by atoms with van der Waals surface area (Å²) < 4.78 is 58.7. The van der Waals surface area contributed by atoms with Crippen LogP contribution in [0.3, 0.4) is 0 Å². The van der Waals surface area contributed by atoms with E-state index in [9.17, 15) is 34.7 Å². The zero-order chi connectivity index (χ0) is 55.3. The van der Waals surface area contributed by atoms with Crippen molar-refractivity contribution in [3.05, 3.63) is 116 Å². The van der Waals surface area contributed by atoms with Crippen molar-refractivity contribution in [2.24, 2.45) is 0 Å². The summed E-state index contributed by atoms with van der Waals surface area (Å²) in [6.07, 6.45) is 3.56. The van der Waals surface area contributed by atoms with Crippen LogP contribution in [0.1, 0.15) is 79.6 Å². The Morgan fingerprint density at radius 1 is 0.987 bits per heavy atom. The van der Waals surface area contributed by atoms with Gasteiger partial charge in [0.2, 0.25) is 23.6 Å². The molecule has 6 rings (SSSR count). The van der Waals surface area contributed by atoms with E-state index in [1.807, 2.05) is 11.0 Å². The second kappa shape index (κ2) is 26.2. The van der Waals surface area contributed by atoms with Crippen LogP contribution in [0.2, 0.25) is 0 Å². The van der Waals surface area contributed by atoms with Gasteiger partial charge in [-0.1, -0.05) is 23.2 Å². The first kappa shape index (κ1) is 58.3. The first-order valence-corrected chi connectivity index (χ1v) is 25.6. The predicted octanol–water partition coefficient (Wildman–Crippen LogP) is 6.54. The highest BCUT2D eigenvalue weighted by atomic mass is 32.2. The van der Waals surface area contributed by atoms with Gasteiger partial charge in [0, 0.05) is 85.0 Å². The largest absolute Gasteiger partial charge is 0.737 e. The average molecular weight is 1080 g/mol. The first-order chi connectivity index (χ1) is 36.1. The van der Waals surface area contributed by atoms with Gasteiger partial charge in [-0.2, -0.15) is 0 Å². The summed E-state index contributed by atoms with van der Waals surface area (Å²) in [6, 6.07) is 14.3. The van der Waals surface area contributed by atoms with Crippen molar-refractivity contribution >= 4 is 54.5 Å². The molecule has 22 nitrogen and oxygen atoms in total. The molecule has 412 valence electrons. The van der Waals surface area contributed by atoms with Gasteiger partial charge < -0.3 is 62.0 Å². The lowest BCUT2D eigenvalue weighted by molar-refractivity contribution is -0.870. The quantitative estimate of drug-likeness (QED) is 0.00566. The lowest BCUT2D eigenvalue weighted by Gasteiger charge is -2.31. The van der Waals surface area contributed by atoms with E-state index in [1.165, 1.54) is 20.1 Å². The summed E-state index contributed by atoms with van der Waals surface area (Å²) in [5.74, 6) is -1.47. The summed E-state index contributed by atoms with van der Waals surface area (Å²) in [5, 5.41) is 49.6. The van der Waals surface area contributed by atoms with Crippen LogP contribution in [0.15, 0.2) is 78.0 Å². The highest BCUT2D eigenvalue weighted by Gasteiger charge is 2.54. The number of carbonyl (C=O) groups excluding carboxylic acids is 3. The van der Waals surface area contributed by atoms with E-state index >= 15 is 8.63 Å². The van der Waals surface area contributed by atoms with Crippen LogP contribution in [0, 0.1) is 17.0 Å². The highest BCUT2D eigenvalue weighted by molar-refractivity contribution is 7.94. The summed E-state index contributed by atoms with van der Waals surface area (Å²) in [6.45, 7) is 0.420. The van der Waals surface area contributed by atoms with Crippen LogP contribution >= 0.6 is 12.0 Å². The molecular formula is C50H66BF2N8O14S+. The molecule has 0 saturated heterocycles. The van der Waals surface area contributed by atoms with Gasteiger partial charge >= 0.3 is 13.1 Å². The smallest absolute Gasteiger partial charge is 0.493 e. The van der Waals surface area contributed by atoms with Gasteiger partial charge in [0.1, 0.15) is 18.8 Å². The number of hydrogen-bond donors (Lipinski definition) is 5. The Balaban J connectivity index is 1.06. The van der Waals surface area contributed by atoms with Crippen LogP contribution < -0.4 is 24.9 Å². The van der Waals surface area contributed by atoms with Crippen molar-refractivity contribution < 1.29 is 80.8 Å². The molecule has 5 N–H and O–H groups in total. The number of aromatic hydroxyl groups is 2. The minimum Gasteiger partial charge on any atom is -0.493 e. The monoisotopic (exact) mass is 1080 g/mol. The van der Waals surface area contributed by atoms with Crippen molar-refractivity contribution in [2.75, 3.05) is 73.8 Å². The number of halogens is 2. The van der Waals surface area contributed by atoms with E-state index < -0.39 is 59.5 Å². The number of quaternary nitrogens is 1. The van der Waals surface area contributed by atoms with E-state index in [0.29, 0.717) is 77.5 Å². The molecule has 0 radical (unpaired) electrons. The van der Waals surface area contributed by atoms with Crippen LogP contribution in [0.4, 0.5) is 19.1 Å². The van der Waals surface area contributed by atoms with E-state index in [4.69, 9.17) is 24.3 Å². The van der Waals surface area contributed by atoms with Crippen molar-refractivity contribution in [1.82, 2.24) is 24.7 Å². The minimum atomic E-state index is -4.44. The van der Waals surface area contributed by atoms with Gasteiger partial charge in [0.15, 0.2) is 22.9 Å². The molecule has 2 aromatic heterocycles. The normalized spacial score (nSPS) is 14.6. The first-order valence-electron chi connectivity index (χ1n) is 24.6. The van der Waals surface area contributed by atoms with Gasteiger partial charge in [0.25, 0.3) is 5.69 Å². The number of ether oxygens (including phenoxy) is 3. The Morgan fingerprint density at radius 2 is 1.71 bits per heavy atom. The number of fused-ring (bicyclic) bond motifs is 2. The second-order valence-corrected chi connectivity index (χ2v) is 20.2. The number of aryl methyl sites for hydroxylation is 2. The number of benzene rings is 2. The van der Waals surface area contributed by atoms with E-state index in [1.54, 1.807) is 56.5 Å². The third-order valence-electron chi connectivity index (χ3n) is 12.8. The number of unbranched alkanes of at least 4 members (excludes halogenated alkanes) is 1. The maximum atomic E-state index is 17.2. The number of amides is 2. The molecule has 0 aliphatic carbocycles. The third kappa shape index (κ3) is 14.9. The zero-order valence-corrected chi connectivity index (χ0v) is 44.3. The number of nitrogens with zero attached hydrogens (tertiary/aromatic N) is 6. The van der Waals surface area contributed by atoms with Crippen molar-refractivity contribution in [2.45, 2.75) is 70.9 Å². The Kier molecular flexibility index (Phi) is 20.1. The van der Waals surface area contributed by atoms with E-state index in [-0.39, 0.29) is 48.7 Å². The molecule has 2 atom stereocenters. The van der Waals surface area contributed by atoms with Gasteiger partial charge in [-0.15, -0.1) is 9.06 Å². The SMILES string of the molecule is COc1cc(C(C)OC(=O)On2c(O)ccc2O)c([N+](=O)[O-])cc1OCCN(C)CCNC(=O)C(CCCC[N+](C)(C)C)NC(=O)CCc1cc(C)c2n1[B-](F)(F)[N+]1=C(c3ccccc3)C=C(CCCSOOO)C1=C2. The molecule has 2 aromatic carbocycles. The molecule has 0 bridgehead atoms. The average Bonchev–Trinajstić information content (AvgIpc) is 4.13. The number of allylic oxidation sites excluding steroid dienone is 2. The molecule has 2 amide bonds. The standard InChI is InChI=1S/C50H65BF2N8O14S/c1-33-28-37(57-40(33)31-42-36(16-13-27-76-75-74-69)29-41(58(42)51(57,52)53)35-14-9-8-10-15-35)18-19-46(62)55-39(17-11-12-25-61(4,5)6)49(65)54-22-23-56(3)24-26-71-45-32-43(60(67)68)38(30-44(45)70-7)34(2)72-50(66)73-59-47(63)20-21-48(59)64/h8-10,14-15,20-21,28-32,34,39H,11-13,16-19,22-27H2,1-7H3,(H4-,54,55,62,63,64,65,69)/p+1. The summed E-state index contributed by atoms with van der Waals surface area (Å²) in [4.78, 5) is 58.0. The lowest BCUT2D eigenvalue weighted by Crippen LogP contribution is -2.51. The molecule has 2 aliphatic heterocycles. The summed E-state index contributed by atoms with van der Waals surface area (Å²) in [5.41, 5.74) is 2.85. The maximum absolute atomic E-state index is 17.2. The van der Waals surface area contributed by atoms with Crippen LogP contribution in [0.25, 0.3) is 6.08 Å². The fourth-order valence-electron chi connectivity index (χ4n) is 8.97. The molecule has 0 fully saturated rings. The fourth-order valence-corrected chi connectivity index (χ4v) is 9.35. The molecule has 4 aromatic rings. The summed E-state index contributed by atoms with van der Waals surface area (Å²) >= 11 is 0.902. The molecular weight excluding hydrogens is 1020 g/mol. The Hall–Kier alpha value is -6.97. The summed E-state index contributed by atoms with van der Waals surface area (Å²) in [7, 11) is 9.30. The number of nitro benzene ring substituents is 1. The van der Waals surface area contributed by atoms with Crippen LogP contribution in [-0.2, 0) is 30.1 Å². The zero-order valence-electron chi connectivity index (χ0n) is 43.5. The number of methoxy groups -OCH3 is 1. The number of rotatable bonds is 29. The van der Waals surface area contributed by atoms with E-state index in [2.05, 4.69) is 41.1 Å². The number of nitrogens with one attached hydrogen (secondary N) is 2. The van der Waals surface area contributed by atoms with Gasteiger partial charge in [-0.05, 0) is 94.9 Å². The van der Waals surface area contributed by atoms with Crippen molar-refractivity contribution in [3.8, 4) is 23.3 Å². The van der Waals surface area contributed by atoms with Crippen molar-refractivity contribution in [1.29, 1.82) is 0 Å². The molecule has 0 saturated carbocycles. The van der Waals surface area contributed by atoms with Crippen LogP contribution in [0.5, 0.6) is 23.3 Å². The molecule has 2 aliphatic rings. The highest BCUT2D eigenvalue weighted by Crippen LogP contribution is 2.41. The number of likely N-dealkylation sites (N-methyl/N-ethyl adjacent to an activating group) is 1. The topological polar surface area (TPSA) is 251 Å². The van der Waals surface area contributed by atoms with Crippen LogP contribution in [-0.4, -0.2) is 154 Å². The number of aromatic nitrogens is 2. The lowest BCUT2D eigenvalue weighted by atomic mass is 9.88. The van der Waals surface area contributed by atoms with Gasteiger partial charge in [-0.3, -0.25) is 24.5 Å². The van der Waals surface area contributed by atoms with Crippen molar-refractivity contribution in [3.63, 3.8) is 0 Å². The fraction of sp³-hybridized carbons (Fsp3) is 0.440. The van der Waals surface area contributed by atoms with Gasteiger partial charge in [0.05, 0.1) is 51.4 Å². The van der Waals surface area contributed by atoms with Gasteiger partial charge in [-0.25, -0.2) is 10.1 Å². The van der Waals surface area contributed by atoms with E-state index in [0.717, 1.165) is 62.2 Å². The number of hydrogen-bond acceptors (Lipinski definition) is 16. The number of nitro groups is 1. The molecule has 0 spiro atoms. The Labute approximate surface area is 442 Å². The third-order valence-corrected chi connectivity index (χ3v) is 13.4. The minimum absolute atomic E-state index is 0.0169. The predicted molar refractivity (Wildman–Crippen MR) is 278 cm³/mol. The Bertz CT molecular complexity index is 2800. The molecule has 2 unspecified atom stereocenters. The Morgan fingerprint density at radius 3 is 2.38 bits per heavy atom. The number of carbonyl (C=O) groups is 3. The maximum Gasteiger partial charge on any atom is 0.737 e. The molecule has 26 heteroatoms. The molecule has 4 heterocycles.